The molecule has 9 nitrogen and oxygen atoms in total. The predicted molar refractivity (Wildman–Crippen MR) is 134 cm³/mol. The first-order valence-corrected chi connectivity index (χ1v) is 13.1. The Morgan fingerprint density at radius 3 is 2.58 bits per heavy atom. The van der Waals surface area contributed by atoms with Gasteiger partial charge in [0.25, 0.3) is 0 Å². The number of nitrogens with zero attached hydrogens (tertiary/aromatic N) is 4. The van der Waals surface area contributed by atoms with Crippen LogP contribution in [0.5, 0.6) is 0 Å². The van der Waals surface area contributed by atoms with Gasteiger partial charge in [-0.3, -0.25) is 0 Å². The molecule has 4 aromatic rings. The second-order valence-corrected chi connectivity index (χ2v) is 10.7. The number of morpholine rings is 1. The maximum atomic E-state index is 13.7. The minimum atomic E-state index is -3.93. The molecule has 0 saturated carbocycles. The third-order valence-electron chi connectivity index (χ3n) is 6.04. The number of fused-ring (bicyclic) bond motifs is 1. The maximum absolute atomic E-state index is 13.7. The molecule has 1 fully saturated rings. The molecule has 2 N–H and O–H groups in total. The standard InChI is InChI=1S/C25H25FN6O3S/c1-15-3-8-21(32-31-15)16(2)30-25-20-11-18(17-4-6-19(26)7-5-17)12-22(24(20)28-14-29-25)36(33,34)23-13-27-9-10-35-23/h3-8,11-12,14,16,23,27H,9-10,13H2,1-2H3,(H,28,29,30). The summed E-state index contributed by atoms with van der Waals surface area (Å²) in [7, 11) is -3.93. The Hall–Kier alpha value is -3.54. The van der Waals surface area contributed by atoms with Crippen molar-refractivity contribution in [3.8, 4) is 11.1 Å². The van der Waals surface area contributed by atoms with Crippen molar-refractivity contribution < 1.29 is 17.5 Å². The van der Waals surface area contributed by atoms with Crippen LogP contribution in [0.4, 0.5) is 10.2 Å². The van der Waals surface area contributed by atoms with Crippen molar-refractivity contribution >= 4 is 26.6 Å². The Morgan fingerprint density at radius 2 is 1.89 bits per heavy atom. The lowest BCUT2D eigenvalue weighted by molar-refractivity contribution is 0.0785. The average molecular weight is 509 g/mol. The summed E-state index contributed by atoms with van der Waals surface area (Å²) in [6.45, 7) is 4.81. The fraction of sp³-hybridized carbons (Fsp3) is 0.280. The van der Waals surface area contributed by atoms with Gasteiger partial charge >= 0.3 is 0 Å². The summed E-state index contributed by atoms with van der Waals surface area (Å²) in [5, 5.41) is 15.2. The van der Waals surface area contributed by atoms with E-state index in [1.807, 2.05) is 26.0 Å². The van der Waals surface area contributed by atoms with Crippen LogP contribution in [0.2, 0.25) is 0 Å². The largest absolute Gasteiger partial charge is 0.361 e. The number of rotatable bonds is 6. The number of ether oxygens (including phenoxy) is 1. The number of halogens is 1. The van der Waals surface area contributed by atoms with E-state index < -0.39 is 15.3 Å². The third-order valence-corrected chi connectivity index (χ3v) is 7.96. The topological polar surface area (TPSA) is 119 Å². The van der Waals surface area contributed by atoms with E-state index in [2.05, 4.69) is 30.8 Å². The van der Waals surface area contributed by atoms with Crippen LogP contribution in [0.15, 0.2) is 59.8 Å². The van der Waals surface area contributed by atoms with Gasteiger partial charge < -0.3 is 15.4 Å². The van der Waals surface area contributed by atoms with E-state index in [9.17, 15) is 12.8 Å². The zero-order valence-electron chi connectivity index (χ0n) is 19.8. The van der Waals surface area contributed by atoms with Gasteiger partial charge in [0.05, 0.1) is 34.4 Å². The molecule has 2 unspecified atom stereocenters. The van der Waals surface area contributed by atoms with E-state index in [1.165, 1.54) is 18.5 Å². The van der Waals surface area contributed by atoms with Crippen molar-refractivity contribution in [1.82, 2.24) is 25.5 Å². The monoisotopic (exact) mass is 508 g/mol. The molecule has 0 aliphatic carbocycles. The van der Waals surface area contributed by atoms with Gasteiger partial charge in [-0.15, -0.1) is 0 Å². The van der Waals surface area contributed by atoms with Crippen molar-refractivity contribution in [3.63, 3.8) is 0 Å². The summed E-state index contributed by atoms with van der Waals surface area (Å²) < 4.78 is 46.6. The van der Waals surface area contributed by atoms with Gasteiger partial charge in [-0.25, -0.2) is 22.8 Å². The highest BCUT2D eigenvalue weighted by Gasteiger charge is 2.33. The highest BCUT2D eigenvalue weighted by molar-refractivity contribution is 7.92. The van der Waals surface area contributed by atoms with E-state index in [1.54, 1.807) is 24.3 Å². The van der Waals surface area contributed by atoms with E-state index in [4.69, 9.17) is 4.74 Å². The van der Waals surface area contributed by atoms with Crippen molar-refractivity contribution in [2.24, 2.45) is 0 Å². The highest BCUT2D eigenvalue weighted by Crippen LogP contribution is 2.35. The minimum Gasteiger partial charge on any atom is -0.361 e. The van der Waals surface area contributed by atoms with Crippen molar-refractivity contribution in [3.05, 3.63) is 72.1 Å². The van der Waals surface area contributed by atoms with Crippen molar-refractivity contribution in [1.29, 1.82) is 0 Å². The number of nitrogens with one attached hydrogen (secondary N) is 2. The molecule has 1 saturated heterocycles. The van der Waals surface area contributed by atoms with Crippen LogP contribution in [0.1, 0.15) is 24.4 Å². The highest BCUT2D eigenvalue weighted by atomic mass is 32.2. The molecule has 11 heteroatoms. The number of sulfone groups is 1. The fourth-order valence-corrected chi connectivity index (χ4v) is 5.70. The van der Waals surface area contributed by atoms with Gasteiger partial charge in [-0.1, -0.05) is 12.1 Å². The van der Waals surface area contributed by atoms with Crippen LogP contribution in [0.3, 0.4) is 0 Å². The number of aromatic nitrogens is 4. The first-order valence-electron chi connectivity index (χ1n) is 11.5. The summed E-state index contributed by atoms with van der Waals surface area (Å²) in [5.41, 5.74) is 1.98. The van der Waals surface area contributed by atoms with Gasteiger partial charge in [0.2, 0.25) is 9.84 Å². The summed E-state index contributed by atoms with van der Waals surface area (Å²) in [6, 6.07) is 12.7. The molecule has 0 amide bonds. The Morgan fingerprint density at radius 1 is 1.08 bits per heavy atom. The second-order valence-electron chi connectivity index (χ2n) is 8.61. The predicted octanol–water partition coefficient (Wildman–Crippen LogP) is 3.43. The number of anilines is 1. The maximum Gasteiger partial charge on any atom is 0.208 e. The molecular weight excluding hydrogens is 483 g/mol. The molecular formula is C25H25FN6O3S. The molecule has 2 aromatic heterocycles. The van der Waals surface area contributed by atoms with Crippen LogP contribution < -0.4 is 10.6 Å². The normalized spacial score (nSPS) is 17.1. The van der Waals surface area contributed by atoms with Crippen LogP contribution in [-0.2, 0) is 14.6 Å². The van der Waals surface area contributed by atoms with E-state index >= 15 is 0 Å². The molecule has 1 aliphatic heterocycles. The van der Waals surface area contributed by atoms with Gasteiger partial charge in [0, 0.05) is 18.5 Å². The Kier molecular flexibility index (Phi) is 6.61. The van der Waals surface area contributed by atoms with Gasteiger partial charge in [-0.05, 0) is 61.4 Å². The zero-order chi connectivity index (χ0) is 25.3. The SMILES string of the molecule is Cc1ccc(C(C)Nc2ncnc3c(S(=O)(=O)C4CNCCO4)cc(-c4ccc(F)cc4)cc23)nn1. The molecule has 0 radical (unpaired) electrons. The molecule has 2 aromatic carbocycles. The van der Waals surface area contributed by atoms with E-state index in [-0.39, 0.29) is 35.4 Å². The Balaban J connectivity index is 1.66. The molecule has 0 bridgehead atoms. The fourth-order valence-electron chi connectivity index (χ4n) is 4.08. The summed E-state index contributed by atoms with van der Waals surface area (Å²) in [5.74, 6) is 0.0609. The second kappa shape index (κ2) is 9.84. The smallest absolute Gasteiger partial charge is 0.208 e. The van der Waals surface area contributed by atoms with Crippen LogP contribution in [-0.4, -0.2) is 53.7 Å². The average Bonchev–Trinajstić information content (AvgIpc) is 2.89. The summed E-state index contributed by atoms with van der Waals surface area (Å²) in [4.78, 5) is 8.78. The number of aryl methyl sites for hydroxylation is 1. The zero-order valence-corrected chi connectivity index (χ0v) is 20.6. The van der Waals surface area contributed by atoms with Gasteiger partial charge in [0.15, 0.2) is 5.44 Å². The number of hydrogen-bond acceptors (Lipinski definition) is 9. The van der Waals surface area contributed by atoms with Crippen molar-refractivity contribution in [2.45, 2.75) is 30.2 Å². The quantitative estimate of drug-likeness (QED) is 0.404. The first-order chi connectivity index (χ1) is 17.3. The van der Waals surface area contributed by atoms with E-state index in [0.717, 1.165) is 5.69 Å². The lowest BCUT2D eigenvalue weighted by Crippen LogP contribution is -2.43. The molecule has 186 valence electrons. The summed E-state index contributed by atoms with van der Waals surface area (Å²) >= 11 is 0. The first kappa shape index (κ1) is 24.2. The van der Waals surface area contributed by atoms with Crippen LogP contribution in [0.25, 0.3) is 22.0 Å². The van der Waals surface area contributed by atoms with Gasteiger partial charge in [0.1, 0.15) is 18.0 Å². The lowest BCUT2D eigenvalue weighted by Gasteiger charge is -2.24. The molecule has 2 atom stereocenters. The molecule has 3 heterocycles. The number of hydrogen-bond donors (Lipinski definition) is 2. The van der Waals surface area contributed by atoms with E-state index in [0.29, 0.717) is 34.6 Å². The third kappa shape index (κ3) is 4.77. The van der Waals surface area contributed by atoms with Crippen LogP contribution in [0, 0.1) is 12.7 Å². The minimum absolute atomic E-state index is 0.0289. The van der Waals surface area contributed by atoms with Crippen LogP contribution >= 0.6 is 0 Å². The molecule has 36 heavy (non-hydrogen) atoms. The lowest BCUT2D eigenvalue weighted by atomic mass is 10.0. The Labute approximate surface area is 208 Å². The van der Waals surface area contributed by atoms with Gasteiger partial charge in [-0.2, -0.15) is 10.2 Å². The molecule has 1 aliphatic rings. The Bertz CT molecular complexity index is 1490. The number of benzene rings is 2. The summed E-state index contributed by atoms with van der Waals surface area (Å²) in [6.07, 6.45) is 1.33. The molecule has 5 rings (SSSR count). The molecule has 0 spiro atoms. The van der Waals surface area contributed by atoms with Crippen molar-refractivity contribution in [2.75, 3.05) is 25.0 Å².